The minimum Gasteiger partial charge on any atom is -0.486 e. The second-order valence-electron chi connectivity index (χ2n) is 6.10. The first kappa shape index (κ1) is 16.6. The molecule has 134 valence electrons. The van der Waals surface area contributed by atoms with E-state index in [9.17, 15) is 8.42 Å². The monoisotopic (exact) mass is 381 g/mol. The third kappa shape index (κ3) is 3.45. The van der Waals surface area contributed by atoms with Crippen molar-refractivity contribution in [3.63, 3.8) is 0 Å². The lowest BCUT2D eigenvalue weighted by molar-refractivity contribution is 0.171. The van der Waals surface area contributed by atoms with Crippen molar-refractivity contribution >= 4 is 27.0 Å². The molecule has 2 atom stereocenters. The third-order valence-electron chi connectivity index (χ3n) is 4.10. The van der Waals surface area contributed by atoms with Gasteiger partial charge in [-0.25, -0.2) is 13.8 Å². The molecule has 9 heteroatoms. The van der Waals surface area contributed by atoms with Gasteiger partial charge in [0.1, 0.15) is 17.4 Å². The summed E-state index contributed by atoms with van der Waals surface area (Å²) in [6.45, 7) is 3.04. The number of hydrogen-bond acceptors (Lipinski definition) is 7. The Kier molecular flexibility index (Phi) is 4.32. The van der Waals surface area contributed by atoms with E-state index in [0.29, 0.717) is 40.7 Å². The van der Waals surface area contributed by atoms with Gasteiger partial charge in [0.2, 0.25) is 0 Å². The van der Waals surface area contributed by atoms with Gasteiger partial charge in [0.15, 0.2) is 11.5 Å². The number of thiophene rings is 1. The fourth-order valence-corrected chi connectivity index (χ4v) is 5.32. The van der Waals surface area contributed by atoms with Crippen LogP contribution in [0.15, 0.2) is 34.5 Å². The average molecular weight is 381 g/mol. The highest BCUT2D eigenvalue weighted by Gasteiger charge is 2.25. The lowest BCUT2D eigenvalue weighted by Gasteiger charge is -2.19. The molecule has 0 amide bonds. The summed E-state index contributed by atoms with van der Waals surface area (Å²) >= 11 is 1.28. The first-order chi connectivity index (χ1) is 12.0. The van der Waals surface area contributed by atoms with E-state index in [1.165, 1.54) is 11.3 Å². The fourth-order valence-electron chi connectivity index (χ4n) is 2.88. The van der Waals surface area contributed by atoms with E-state index in [0.717, 1.165) is 11.3 Å². The summed E-state index contributed by atoms with van der Waals surface area (Å²) < 4.78 is 39.1. The van der Waals surface area contributed by atoms with Gasteiger partial charge in [0, 0.05) is 17.0 Å². The van der Waals surface area contributed by atoms with Crippen LogP contribution in [0.1, 0.15) is 24.3 Å². The number of rotatable bonds is 4. The molecule has 1 saturated heterocycles. The summed E-state index contributed by atoms with van der Waals surface area (Å²) in [6.07, 6.45) is 0.926. The molecule has 2 aromatic rings. The van der Waals surface area contributed by atoms with Crippen molar-refractivity contribution in [2.75, 3.05) is 17.9 Å². The predicted molar refractivity (Wildman–Crippen MR) is 95.7 cm³/mol. The van der Waals surface area contributed by atoms with Crippen LogP contribution in [0.25, 0.3) is 0 Å². The van der Waals surface area contributed by atoms with Crippen molar-refractivity contribution in [1.29, 1.82) is 0 Å². The maximum Gasteiger partial charge on any atom is 0.271 e. The van der Waals surface area contributed by atoms with Crippen molar-refractivity contribution in [3.05, 3.63) is 35.2 Å². The average Bonchev–Trinajstić information content (AvgIpc) is 3.23. The van der Waals surface area contributed by atoms with Crippen molar-refractivity contribution in [3.8, 4) is 11.5 Å². The summed E-state index contributed by atoms with van der Waals surface area (Å²) in [5.41, 5.74) is 6.79. The van der Waals surface area contributed by atoms with Gasteiger partial charge in [-0.3, -0.25) is 10.1 Å². The van der Waals surface area contributed by atoms with Crippen LogP contribution in [0.5, 0.6) is 11.5 Å². The van der Waals surface area contributed by atoms with E-state index in [2.05, 4.69) is 22.5 Å². The molecule has 1 fully saturated rings. The Morgan fingerprint density at radius 1 is 1.12 bits per heavy atom. The number of ether oxygens (including phenoxy) is 2. The first-order valence-corrected chi connectivity index (χ1v) is 10.3. The van der Waals surface area contributed by atoms with Crippen molar-refractivity contribution in [2.24, 2.45) is 0 Å². The van der Waals surface area contributed by atoms with Gasteiger partial charge in [-0.05, 0) is 37.6 Å². The summed E-state index contributed by atoms with van der Waals surface area (Å²) in [7, 11) is -3.64. The molecule has 25 heavy (non-hydrogen) atoms. The topological polar surface area (TPSA) is 88.7 Å². The Hall–Kier alpha value is -1.81. The Morgan fingerprint density at radius 2 is 1.92 bits per heavy atom. The number of fused-ring (bicyclic) bond motifs is 1. The highest BCUT2D eigenvalue weighted by molar-refractivity contribution is 7.94. The van der Waals surface area contributed by atoms with Crippen LogP contribution >= 0.6 is 11.3 Å². The van der Waals surface area contributed by atoms with Gasteiger partial charge in [0.25, 0.3) is 10.0 Å². The zero-order valence-corrected chi connectivity index (χ0v) is 15.2. The van der Waals surface area contributed by atoms with Gasteiger partial charge in [-0.15, -0.1) is 11.3 Å². The Labute approximate surface area is 150 Å². The lowest BCUT2D eigenvalue weighted by Crippen LogP contribution is -2.28. The molecule has 0 radical (unpaired) electrons. The summed E-state index contributed by atoms with van der Waals surface area (Å²) in [5.74, 6) is 1.18. The van der Waals surface area contributed by atoms with Gasteiger partial charge >= 0.3 is 0 Å². The number of sulfonamides is 1. The lowest BCUT2D eigenvalue weighted by atomic mass is 10.1. The van der Waals surface area contributed by atoms with E-state index >= 15 is 0 Å². The number of anilines is 1. The molecule has 0 bridgehead atoms. The molecule has 3 heterocycles. The van der Waals surface area contributed by atoms with E-state index in [1.807, 2.05) is 6.07 Å². The fraction of sp³-hybridized carbons (Fsp3) is 0.375. The Morgan fingerprint density at radius 3 is 2.68 bits per heavy atom. The molecular weight excluding hydrogens is 362 g/mol. The van der Waals surface area contributed by atoms with Gasteiger partial charge in [-0.2, -0.15) is 0 Å². The standard InChI is InChI=1S/C16H19N3O4S2/c1-10-8-12(18-17-10)15-4-5-16(24-15)25(20,21)19-11-2-3-13-14(9-11)23-7-6-22-13/h2-5,9-10,12,17-19H,6-8H2,1H3. The van der Waals surface area contributed by atoms with Gasteiger partial charge in [0.05, 0.1) is 11.7 Å². The summed E-state index contributed by atoms with van der Waals surface area (Å²) in [4.78, 5) is 0.999. The van der Waals surface area contributed by atoms with Crippen LogP contribution in [0.3, 0.4) is 0 Å². The highest BCUT2D eigenvalue weighted by atomic mass is 32.2. The molecule has 1 aromatic carbocycles. The zero-order chi connectivity index (χ0) is 17.4. The molecule has 2 unspecified atom stereocenters. The molecule has 2 aliphatic heterocycles. The smallest absolute Gasteiger partial charge is 0.271 e. The second-order valence-corrected chi connectivity index (χ2v) is 9.12. The van der Waals surface area contributed by atoms with E-state index < -0.39 is 10.0 Å². The summed E-state index contributed by atoms with van der Waals surface area (Å²) in [6, 6.07) is 9.03. The Bertz CT molecular complexity index is 881. The number of hydrogen-bond donors (Lipinski definition) is 3. The van der Waals surface area contributed by atoms with Crippen molar-refractivity contribution < 1.29 is 17.9 Å². The quantitative estimate of drug-likeness (QED) is 0.753. The van der Waals surface area contributed by atoms with E-state index in [1.54, 1.807) is 24.3 Å². The minimum absolute atomic E-state index is 0.137. The normalized spacial score (nSPS) is 22.8. The molecule has 7 nitrogen and oxygen atoms in total. The van der Waals surface area contributed by atoms with E-state index in [-0.39, 0.29) is 6.04 Å². The first-order valence-electron chi connectivity index (χ1n) is 8.04. The van der Waals surface area contributed by atoms with Crippen LogP contribution in [0, 0.1) is 0 Å². The molecule has 1 aromatic heterocycles. The van der Waals surface area contributed by atoms with Crippen LogP contribution < -0.4 is 25.0 Å². The third-order valence-corrected chi connectivity index (χ3v) is 7.17. The molecular formula is C16H19N3O4S2. The van der Waals surface area contributed by atoms with E-state index in [4.69, 9.17) is 9.47 Å². The minimum atomic E-state index is -3.64. The Balaban J connectivity index is 1.53. The molecule has 3 N–H and O–H groups in total. The number of nitrogens with one attached hydrogen (secondary N) is 3. The molecule has 0 aliphatic carbocycles. The van der Waals surface area contributed by atoms with Gasteiger partial charge in [-0.1, -0.05) is 0 Å². The predicted octanol–water partition coefficient (Wildman–Crippen LogP) is 2.25. The van der Waals surface area contributed by atoms with Crippen molar-refractivity contribution in [1.82, 2.24) is 10.9 Å². The number of hydrazine groups is 1. The molecule has 2 aliphatic rings. The largest absolute Gasteiger partial charge is 0.486 e. The SMILES string of the molecule is CC1CC(c2ccc(S(=O)(=O)Nc3ccc4c(c3)OCCO4)s2)NN1. The maximum absolute atomic E-state index is 12.7. The summed E-state index contributed by atoms with van der Waals surface area (Å²) in [5, 5.41) is 0. The molecule has 0 saturated carbocycles. The van der Waals surface area contributed by atoms with Gasteiger partial charge < -0.3 is 9.47 Å². The van der Waals surface area contributed by atoms with Crippen LogP contribution in [0.4, 0.5) is 5.69 Å². The molecule has 4 rings (SSSR count). The maximum atomic E-state index is 12.7. The van der Waals surface area contributed by atoms with Crippen LogP contribution in [-0.2, 0) is 10.0 Å². The molecule has 0 spiro atoms. The van der Waals surface area contributed by atoms with Crippen molar-refractivity contribution in [2.45, 2.75) is 29.6 Å². The van der Waals surface area contributed by atoms with Crippen LogP contribution in [-0.4, -0.2) is 27.7 Å². The second kappa shape index (κ2) is 6.49. The highest BCUT2D eigenvalue weighted by Crippen LogP contribution is 2.35. The number of benzene rings is 1. The zero-order valence-electron chi connectivity index (χ0n) is 13.6. The van der Waals surface area contributed by atoms with Crippen LogP contribution in [0.2, 0.25) is 0 Å².